The van der Waals surface area contributed by atoms with Crippen molar-refractivity contribution in [1.29, 1.82) is 0 Å². The number of aryl methyl sites for hydroxylation is 1. The van der Waals surface area contributed by atoms with Crippen LogP contribution in [0.4, 0.5) is 5.69 Å². The van der Waals surface area contributed by atoms with Crippen LogP contribution in [0.15, 0.2) is 78.9 Å². The summed E-state index contributed by atoms with van der Waals surface area (Å²) >= 11 is 0. The Morgan fingerprint density at radius 1 is 0.862 bits per heavy atom. The van der Waals surface area contributed by atoms with E-state index in [2.05, 4.69) is 50.4 Å². The summed E-state index contributed by atoms with van der Waals surface area (Å²) in [6, 6.07) is 25.7. The number of rotatable bonds is 7. The average molecular weight is 388 g/mol. The molecule has 3 aromatic rings. The molecular weight excluding hydrogens is 358 g/mol. The van der Waals surface area contributed by atoms with Gasteiger partial charge in [0.25, 0.3) is 5.91 Å². The standard InChI is InChI=1S/C26H29NO2/c1-26(2,3)22-17-15-21(16-18-22)25(28)27-23-13-7-8-14-24(23)29-19-9-12-20-10-5-4-6-11-20/h4-8,10-11,13-18H,9,12,19H2,1-3H3,(H,27,28). The number of ether oxygens (including phenoxy) is 1. The first-order valence-corrected chi connectivity index (χ1v) is 10.1. The predicted octanol–water partition coefficient (Wildman–Crippen LogP) is 6.25. The summed E-state index contributed by atoms with van der Waals surface area (Å²) in [6.07, 6.45) is 1.88. The van der Waals surface area contributed by atoms with Gasteiger partial charge >= 0.3 is 0 Å². The normalized spacial score (nSPS) is 11.1. The van der Waals surface area contributed by atoms with E-state index in [9.17, 15) is 4.79 Å². The molecule has 0 radical (unpaired) electrons. The largest absolute Gasteiger partial charge is 0.491 e. The van der Waals surface area contributed by atoms with E-state index in [1.807, 2.05) is 54.6 Å². The van der Waals surface area contributed by atoms with Crippen molar-refractivity contribution < 1.29 is 9.53 Å². The maximum atomic E-state index is 12.7. The van der Waals surface area contributed by atoms with Crippen molar-refractivity contribution >= 4 is 11.6 Å². The van der Waals surface area contributed by atoms with Crippen LogP contribution in [0.25, 0.3) is 0 Å². The molecule has 150 valence electrons. The lowest BCUT2D eigenvalue weighted by Crippen LogP contribution is -2.15. The van der Waals surface area contributed by atoms with E-state index < -0.39 is 0 Å². The van der Waals surface area contributed by atoms with Crippen LogP contribution in [0.2, 0.25) is 0 Å². The maximum absolute atomic E-state index is 12.7. The lowest BCUT2D eigenvalue weighted by atomic mass is 9.87. The highest BCUT2D eigenvalue weighted by Gasteiger charge is 2.15. The second-order valence-electron chi connectivity index (χ2n) is 8.22. The van der Waals surface area contributed by atoms with Crippen LogP contribution in [0.1, 0.15) is 48.7 Å². The molecule has 0 atom stereocenters. The fourth-order valence-electron chi connectivity index (χ4n) is 3.11. The van der Waals surface area contributed by atoms with E-state index in [-0.39, 0.29) is 11.3 Å². The molecule has 0 fully saturated rings. The Balaban J connectivity index is 1.59. The van der Waals surface area contributed by atoms with E-state index in [1.165, 1.54) is 11.1 Å². The Kier molecular flexibility index (Phi) is 6.71. The van der Waals surface area contributed by atoms with Crippen molar-refractivity contribution in [3.05, 3.63) is 95.6 Å². The zero-order valence-electron chi connectivity index (χ0n) is 17.4. The van der Waals surface area contributed by atoms with Gasteiger partial charge < -0.3 is 10.1 Å². The first-order valence-electron chi connectivity index (χ1n) is 10.1. The highest BCUT2D eigenvalue weighted by molar-refractivity contribution is 6.05. The van der Waals surface area contributed by atoms with Crippen molar-refractivity contribution in [3.8, 4) is 5.75 Å². The number of carbonyl (C=O) groups is 1. The average Bonchev–Trinajstić information content (AvgIpc) is 2.72. The van der Waals surface area contributed by atoms with E-state index in [4.69, 9.17) is 4.74 Å². The van der Waals surface area contributed by atoms with E-state index in [0.29, 0.717) is 23.6 Å². The molecule has 0 aliphatic carbocycles. The lowest BCUT2D eigenvalue weighted by Gasteiger charge is -2.19. The molecule has 0 bridgehead atoms. The van der Waals surface area contributed by atoms with Gasteiger partial charge in [0.2, 0.25) is 0 Å². The Bertz CT molecular complexity index is 925. The molecule has 0 aliphatic rings. The molecule has 0 saturated carbocycles. The SMILES string of the molecule is CC(C)(C)c1ccc(C(=O)Nc2ccccc2OCCCc2ccccc2)cc1. The number of nitrogens with one attached hydrogen (secondary N) is 1. The number of hydrogen-bond donors (Lipinski definition) is 1. The Hall–Kier alpha value is -3.07. The van der Waals surface area contributed by atoms with Crippen LogP contribution >= 0.6 is 0 Å². The van der Waals surface area contributed by atoms with Crippen molar-refractivity contribution in [2.24, 2.45) is 0 Å². The number of anilines is 1. The molecule has 0 saturated heterocycles. The second-order valence-corrected chi connectivity index (χ2v) is 8.22. The summed E-state index contributed by atoms with van der Waals surface area (Å²) in [5, 5.41) is 2.98. The minimum atomic E-state index is -0.134. The van der Waals surface area contributed by atoms with Gasteiger partial charge in [-0.3, -0.25) is 4.79 Å². The second kappa shape index (κ2) is 9.42. The van der Waals surface area contributed by atoms with Gasteiger partial charge in [0, 0.05) is 5.56 Å². The van der Waals surface area contributed by atoms with Crippen molar-refractivity contribution in [3.63, 3.8) is 0 Å². The van der Waals surface area contributed by atoms with Crippen molar-refractivity contribution in [2.45, 2.75) is 39.0 Å². The molecule has 3 aromatic carbocycles. The van der Waals surface area contributed by atoms with Gasteiger partial charge in [0.15, 0.2) is 0 Å². The Morgan fingerprint density at radius 3 is 2.21 bits per heavy atom. The molecule has 0 spiro atoms. The van der Waals surface area contributed by atoms with Crippen LogP contribution in [-0.4, -0.2) is 12.5 Å². The third kappa shape index (κ3) is 5.95. The molecule has 3 heteroatoms. The minimum absolute atomic E-state index is 0.0647. The molecule has 29 heavy (non-hydrogen) atoms. The topological polar surface area (TPSA) is 38.3 Å². The molecule has 3 nitrogen and oxygen atoms in total. The molecular formula is C26H29NO2. The first-order chi connectivity index (χ1) is 13.9. The van der Waals surface area contributed by atoms with Gasteiger partial charge in [-0.05, 0) is 53.6 Å². The summed E-state index contributed by atoms with van der Waals surface area (Å²) in [7, 11) is 0. The summed E-state index contributed by atoms with van der Waals surface area (Å²) in [6.45, 7) is 7.08. The summed E-state index contributed by atoms with van der Waals surface area (Å²) in [5.41, 5.74) is 3.90. The van der Waals surface area contributed by atoms with Crippen LogP contribution in [0, 0.1) is 0 Å². The van der Waals surface area contributed by atoms with Crippen LogP contribution in [0.5, 0.6) is 5.75 Å². The van der Waals surface area contributed by atoms with Crippen LogP contribution in [-0.2, 0) is 11.8 Å². The van der Waals surface area contributed by atoms with Crippen LogP contribution in [0.3, 0.4) is 0 Å². The fourth-order valence-corrected chi connectivity index (χ4v) is 3.11. The van der Waals surface area contributed by atoms with Crippen molar-refractivity contribution in [2.75, 3.05) is 11.9 Å². The molecule has 1 N–H and O–H groups in total. The predicted molar refractivity (Wildman–Crippen MR) is 120 cm³/mol. The zero-order chi connectivity index (χ0) is 20.7. The quantitative estimate of drug-likeness (QED) is 0.487. The third-order valence-corrected chi connectivity index (χ3v) is 4.86. The Labute approximate surface area is 173 Å². The minimum Gasteiger partial charge on any atom is -0.491 e. The number of hydrogen-bond acceptors (Lipinski definition) is 2. The van der Waals surface area contributed by atoms with Crippen LogP contribution < -0.4 is 10.1 Å². The van der Waals surface area contributed by atoms with E-state index in [0.717, 1.165) is 12.8 Å². The molecule has 0 aliphatic heterocycles. The van der Waals surface area contributed by atoms with Gasteiger partial charge in [-0.1, -0.05) is 75.4 Å². The number of amides is 1. The molecule has 0 heterocycles. The number of para-hydroxylation sites is 2. The summed E-state index contributed by atoms with van der Waals surface area (Å²) in [4.78, 5) is 12.7. The molecule has 1 amide bonds. The fraction of sp³-hybridized carbons (Fsp3) is 0.269. The van der Waals surface area contributed by atoms with Gasteiger partial charge in [-0.15, -0.1) is 0 Å². The summed E-state index contributed by atoms with van der Waals surface area (Å²) in [5.74, 6) is 0.561. The molecule has 0 unspecified atom stereocenters. The number of carbonyl (C=O) groups excluding carboxylic acids is 1. The maximum Gasteiger partial charge on any atom is 0.255 e. The first kappa shape index (κ1) is 20.7. The monoisotopic (exact) mass is 387 g/mol. The van der Waals surface area contributed by atoms with Gasteiger partial charge in [-0.2, -0.15) is 0 Å². The van der Waals surface area contributed by atoms with E-state index in [1.54, 1.807) is 0 Å². The molecule has 0 aromatic heterocycles. The zero-order valence-corrected chi connectivity index (χ0v) is 17.4. The summed E-state index contributed by atoms with van der Waals surface area (Å²) < 4.78 is 5.94. The highest BCUT2D eigenvalue weighted by atomic mass is 16.5. The van der Waals surface area contributed by atoms with Crippen molar-refractivity contribution in [1.82, 2.24) is 0 Å². The smallest absolute Gasteiger partial charge is 0.255 e. The third-order valence-electron chi connectivity index (χ3n) is 4.86. The highest BCUT2D eigenvalue weighted by Crippen LogP contribution is 2.26. The van der Waals surface area contributed by atoms with E-state index >= 15 is 0 Å². The number of benzene rings is 3. The van der Waals surface area contributed by atoms with Gasteiger partial charge in [0.1, 0.15) is 5.75 Å². The Morgan fingerprint density at radius 2 is 1.52 bits per heavy atom. The van der Waals surface area contributed by atoms with Gasteiger partial charge in [0.05, 0.1) is 12.3 Å². The van der Waals surface area contributed by atoms with Gasteiger partial charge in [-0.25, -0.2) is 0 Å². The molecule has 3 rings (SSSR count). The lowest BCUT2D eigenvalue weighted by molar-refractivity contribution is 0.102.